The lowest BCUT2D eigenvalue weighted by molar-refractivity contribution is 0.187. The van der Waals surface area contributed by atoms with Crippen LogP contribution in [0.25, 0.3) is 0 Å². The molecule has 0 aromatic heterocycles. The van der Waals surface area contributed by atoms with E-state index in [1.54, 1.807) is 0 Å². The maximum atomic E-state index is 4.42. The molecule has 2 aliphatic rings. The van der Waals surface area contributed by atoms with E-state index in [0.29, 0.717) is 6.04 Å². The van der Waals surface area contributed by atoms with Crippen LogP contribution in [-0.4, -0.2) is 63.2 Å². The van der Waals surface area contributed by atoms with Crippen molar-refractivity contribution in [2.75, 3.05) is 51.2 Å². The van der Waals surface area contributed by atoms with Gasteiger partial charge in [0.25, 0.3) is 0 Å². The van der Waals surface area contributed by atoms with E-state index in [-0.39, 0.29) is 0 Å². The summed E-state index contributed by atoms with van der Waals surface area (Å²) in [6.45, 7) is 9.17. The highest BCUT2D eigenvalue weighted by atomic mass is 15.2. The Bertz CT molecular complexity index is 551. The molecule has 1 aromatic carbocycles. The SMILES string of the molecule is CCN1CCC(CCNC(=NC)NC2CCN(c3ccccc3)C2)CC1. The molecule has 1 unspecified atom stereocenters. The molecular formula is C21H35N5. The van der Waals surface area contributed by atoms with Crippen molar-refractivity contribution in [2.45, 2.75) is 38.6 Å². The molecule has 2 N–H and O–H groups in total. The minimum atomic E-state index is 0.467. The Morgan fingerprint density at radius 1 is 1.12 bits per heavy atom. The topological polar surface area (TPSA) is 42.9 Å². The summed E-state index contributed by atoms with van der Waals surface area (Å²) in [4.78, 5) is 9.43. The summed E-state index contributed by atoms with van der Waals surface area (Å²) in [5, 5.41) is 7.14. The second-order valence-corrected chi connectivity index (χ2v) is 7.58. The fourth-order valence-electron chi connectivity index (χ4n) is 4.13. The fourth-order valence-corrected chi connectivity index (χ4v) is 4.13. The van der Waals surface area contributed by atoms with Gasteiger partial charge in [0, 0.05) is 38.4 Å². The molecule has 5 nitrogen and oxygen atoms in total. The zero-order valence-corrected chi connectivity index (χ0v) is 16.5. The molecule has 0 radical (unpaired) electrons. The van der Waals surface area contributed by atoms with Crippen LogP contribution in [0, 0.1) is 5.92 Å². The number of hydrogen-bond donors (Lipinski definition) is 2. The van der Waals surface area contributed by atoms with Gasteiger partial charge in [-0.05, 0) is 63.4 Å². The van der Waals surface area contributed by atoms with E-state index in [1.807, 2.05) is 7.05 Å². The number of hydrogen-bond acceptors (Lipinski definition) is 3. The number of guanidine groups is 1. The largest absolute Gasteiger partial charge is 0.369 e. The van der Waals surface area contributed by atoms with Gasteiger partial charge in [-0.2, -0.15) is 0 Å². The van der Waals surface area contributed by atoms with Crippen LogP contribution in [0.1, 0.15) is 32.6 Å². The van der Waals surface area contributed by atoms with Crippen LogP contribution in [0.15, 0.2) is 35.3 Å². The van der Waals surface area contributed by atoms with E-state index in [9.17, 15) is 0 Å². The van der Waals surface area contributed by atoms with Gasteiger partial charge in [0.1, 0.15) is 0 Å². The Kier molecular flexibility index (Phi) is 7.18. The number of anilines is 1. The third-order valence-corrected chi connectivity index (χ3v) is 5.87. The van der Waals surface area contributed by atoms with Gasteiger partial charge in [0.05, 0.1) is 0 Å². The molecule has 1 atom stereocenters. The Labute approximate surface area is 158 Å². The molecule has 3 rings (SSSR count). The number of nitrogens with one attached hydrogen (secondary N) is 2. The highest BCUT2D eigenvalue weighted by Gasteiger charge is 2.23. The van der Waals surface area contributed by atoms with Crippen molar-refractivity contribution in [1.29, 1.82) is 0 Å². The Hall–Kier alpha value is -1.75. The third-order valence-electron chi connectivity index (χ3n) is 5.87. The maximum absolute atomic E-state index is 4.42. The minimum Gasteiger partial charge on any atom is -0.369 e. The summed E-state index contributed by atoms with van der Waals surface area (Å²) >= 11 is 0. The zero-order valence-electron chi connectivity index (χ0n) is 16.5. The summed E-state index contributed by atoms with van der Waals surface area (Å²) in [5.41, 5.74) is 1.32. The maximum Gasteiger partial charge on any atom is 0.191 e. The van der Waals surface area contributed by atoms with Gasteiger partial charge in [-0.15, -0.1) is 0 Å². The molecule has 2 aliphatic heterocycles. The van der Waals surface area contributed by atoms with Gasteiger partial charge in [-0.25, -0.2) is 0 Å². The van der Waals surface area contributed by atoms with E-state index in [4.69, 9.17) is 0 Å². The number of aliphatic imine (C=N–C) groups is 1. The van der Waals surface area contributed by atoms with Crippen molar-refractivity contribution in [1.82, 2.24) is 15.5 Å². The van der Waals surface area contributed by atoms with Gasteiger partial charge >= 0.3 is 0 Å². The molecule has 1 aromatic rings. The van der Waals surface area contributed by atoms with E-state index >= 15 is 0 Å². The van der Waals surface area contributed by atoms with E-state index in [1.165, 1.54) is 44.6 Å². The van der Waals surface area contributed by atoms with Gasteiger partial charge in [-0.1, -0.05) is 25.1 Å². The first kappa shape index (κ1) is 19.0. The average Bonchev–Trinajstić information content (AvgIpc) is 3.17. The minimum absolute atomic E-state index is 0.467. The smallest absolute Gasteiger partial charge is 0.191 e. The Morgan fingerprint density at radius 2 is 1.88 bits per heavy atom. The molecule has 0 aliphatic carbocycles. The lowest BCUT2D eigenvalue weighted by atomic mass is 9.93. The lowest BCUT2D eigenvalue weighted by Gasteiger charge is -2.31. The van der Waals surface area contributed by atoms with Gasteiger partial charge < -0.3 is 20.4 Å². The van der Waals surface area contributed by atoms with Crippen molar-refractivity contribution in [2.24, 2.45) is 10.9 Å². The molecule has 2 heterocycles. The zero-order chi connectivity index (χ0) is 18.2. The standard InChI is InChI=1S/C21H35N5/c1-3-25-14-10-18(11-15-25)9-13-23-21(22-2)24-19-12-16-26(17-19)20-7-5-4-6-8-20/h4-8,18-19H,3,9-17H2,1-2H3,(H2,22,23,24). The quantitative estimate of drug-likeness (QED) is 0.607. The predicted octanol–water partition coefficient (Wildman–Crippen LogP) is 2.55. The number of para-hydroxylation sites is 1. The fraction of sp³-hybridized carbons (Fsp3) is 0.667. The molecule has 0 saturated carbocycles. The second kappa shape index (κ2) is 9.81. The van der Waals surface area contributed by atoms with Crippen molar-refractivity contribution in [3.05, 3.63) is 30.3 Å². The molecule has 5 heteroatoms. The van der Waals surface area contributed by atoms with Crippen LogP contribution in [0.3, 0.4) is 0 Å². The van der Waals surface area contributed by atoms with Crippen LogP contribution in [-0.2, 0) is 0 Å². The Morgan fingerprint density at radius 3 is 2.58 bits per heavy atom. The number of benzene rings is 1. The molecule has 144 valence electrons. The predicted molar refractivity (Wildman–Crippen MR) is 111 cm³/mol. The highest BCUT2D eigenvalue weighted by Crippen LogP contribution is 2.20. The number of likely N-dealkylation sites (tertiary alicyclic amines) is 1. The van der Waals surface area contributed by atoms with Gasteiger partial charge in [0.2, 0.25) is 0 Å². The van der Waals surface area contributed by atoms with E-state index in [0.717, 1.165) is 37.9 Å². The van der Waals surface area contributed by atoms with Crippen LogP contribution in [0.4, 0.5) is 5.69 Å². The van der Waals surface area contributed by atoms with Crippen LogP contribution in [0.2, 0.25) is 0 Å². The molecule has 0 bridgehead atoms. The van der Waals surface area contributed by atoms with Crippen molar-refractivity contribution in [3.8, 4) is 0 Å². The first-order valence-electron chi connectivity index (χ1n) is 10.3. The summed E-state index contributed by atoms with van der Waals surface area (Å²) in [6.07, 6.45) is 5.09. The summed E-state index contributed by atoms with van der Waals surface area (Å²) in [7, 11) is 1.87. The number of rotatable bonds is 6. The van der Waals surface area contributed by atoms with E-state index in [2.05, 4.69) is 62.7 Å². The number of nitrogens with zero attached hydrogens (tertiary/aromatic N) is 3. The van der Waals surface area contributed by atoms with E-state index < -0.39 is 0 Å². The monoisotopic (exact) mass is 357 g/mol. The van der Waals surface area contributed by atoms with Crippen LogP contribution in [0.5, 0.6) is 0 Å². The average molecular weight is 358 g/mol. The van der Waals surface area contributed by atoms with Crippen LogP contribution >= 0.6 is 0 Å². The molecular weight excluding hydrogens is 322 g/mol. The van der Waals surface area contributed by atoms with Crippen LogP contribution < -0.4 is 15.5 Å². The van der Waals surface area contributed by atoms with Gasteiger partial charge in [0.15, 0.2) is 5.96 Å². The normalized spacial score (nSPS) is 22.6. The molecule has 0 spiro atoms. The number of piperidine rings is 1. The molecule has 2 fully saturated rings. The summed E-state index contributed by atoms with van der Waals surface area (Å²) in [6, 6.07) is 11.2. The van der Waals surface area contributed by atoms with Crippen molar-refractivity contribution in [3.63, 3.8) is 0 Å². The molecule has 26 heavy (non-hydrogen) atoms. The lowest BCUT2D eigenvalue weighted by Crippen LogP contribution is -2.45. The Balaban J connectivity index is 1.36. The first-order valence-corrected chi connectivity index (χ1v) is 10.3. The van der Waals surface area contributed by atoms with Crippen molar-refractivity contribution < 1.29 is 0 Å². The van der Waals surface area contributed by atoms with Gasteiger partial charge in [-0.3, -0.25) is 4.99 Å². The first-order chi connectivity index (χ1) is 12.8. The summed E-state index contributed by atoms with van der Waals surface area (Å²) in [5.74, 6) is 1.82. The van der Waals surface area contributed by atoms with Crippen molar-refractivity contribution >= 4 is 11.6 Å². The third kappa shape index (κ3) is 5.37. The summed E-state index contributed by atoms with van der Waals surface area (Å²) < 4.78 is 0. The molecule has 2 saturated heterocycles. The second-order valence-electron chi connectivity index (χ2n) is 7.58. The highest BCUT2D eigenvalue weighted by molar-refractivity contribution is 5.80. The molecule has 0 amide bonds.